The van der Waals surface area contributed by atoms with Crippen LogP contribution < -0.4 is 5.32 Å². The fraction of sp³-hybridized carbons (Fsp3) is 0.583. The van der Waals surface area contributed by atoms with Gasteiger partial charge in [0.25, 0.3) is 5.91 Å². The highest BCUT2D eigenvalue weighted by Gasteiger charge is 2.31. The summed E-state index contributed by atoms with van der Waals surface area (Å²) in [6, 6.07) is 1.75. The normalized spacial score (nSPS) is 18.6. The zero-order chi connectivity index (χ0) is 11.6. The van der Waals surface area contributed by atoms with Gasteiger partial charge in [-0.05, 0) is 25.8 Å². The van der Waals surface area contributed by atoms with E-state index in [1.54, 1.807) is 12.3 Å². The van der Waals surface area contributed by atoms with Crippen molar-refractivity contribution in [1.82, 2.24) is 10.3 Å². The van der Waals surface area contributed by atoms with Crippen molar-refractivity contribution in [1.29, 1.82) is 0 Å². The Hall–Kier alpha value is -1.29. The number of carbonyl (C=O) groups excluding carboxylic acids is 1. The van der Waals surface area contributed by atoms with E-state index in [2.05, 4.69) is 10.3 Å². The number of hydrogen-bond acceptors (Lipinski definition) is 2. The second-order valence-electron chi connectivity index (χ2n) is 4.63. The molecule has 0 bridgehead atoms. The molecule has 1 aromatic rings. The summed E-state index contributed by atoms with van der Waals surface area (Å²) in [4.78, 5) is 14.7. The molecule has 1 heterocycles. The minimum atomic E-state index is -0.681. The van der Waals surface area contributed by atoms with E-state index < -0.39 is 5.60 Å². The first-order valence-corrected chi connectivity index (χ1v) is 5.75. The second kappa shape index (κ2) is 4.29. The zero-order valence-electron chi connectivity index (χ0n) is 9.55. The Labute approximate surface area is 95.1 Å². The maximum atomic E-state index is 11.8. The molecule has 0 atom stereocenters. The SMILES string of the molecule is Cc1[nH]ccc1C(=O)NCC1(O)CCCC1. The molecule has 0 aliphatic heterocycles. The fourth-order valence-corrected chi connectivity index (χ4v) is 2.25. The predicted molar refractivity (Wildman–Crippen MR) is 61.3 cm³/mol. The molecular formula is C12H18N2O2. The first kappa shape index (κ1) is 11.2. The van der Waals surface area contributed by atoms with Crippen molar-refractivity contribution in [2.45, 2.75) is 38.2 Å². The van der Waals surface area contributed by atoms with Gasteiger partial charge in [-0.2, -0.15) is 0 Å². The van der Waals surface area contributed by atoms with Crippen molar-refractivity contribution in [3.05, 3.63) is 23.5 Å². The molecule has 88 valence electrons. The number of carbonyl (C=O) groups is 1. The van der Waals surface area contributed by atoms with Gasteiger partial charge in [0.05, 0.1) is 11.2 Å². The Kier molecular flexibility index (Phi) is 3.01. The number of aliphatic hydroxyl groups is 1. The minimum Gasteiger partial charge on any atom is -0.388 e. The molecule has 0 unspecified atom stereocenters. The largest absolute Gasteiger partial charge is 0.388 e. The molecule has 1 fully saturated rings. The summed E-state index contributed by atoms with van der Waals surface area (Å²) in [6.07, 6.45) is 5.43. The lowest BCUT2D eigenvalue weighted by Gasteiger charge is -2.22. The maximum Gasteiger partial charge on any atom is 0.253 e. The van der Waals surface area contributed by atoms with E-state index >= 15 is 0 Å². The molecular weight excluding hydrogens is 204 g/mol. The topological polar surface area (TPSA) is 65.1 Å². The van der Waals surface area contributed by atoms with Gasteiger partial charge in [0.1, 0.15) is 0 Å². The number of aromatic nitrogens is 1. The summed E-state index contributed by atoms with van der Waals surface area (Å²) in [5.41, 5.74) is 0.831. The summed E-state index contributed by atoms with van der Waals surface area (Å²) >= 11 is 0. The predicted octanol–water partition coefficient (Wildman–Crippen LogP) is 1.36. The lowest BCUT2D eigenvalue weighted by atomic mass is 10.0. The van der Waals surface area contributed by atoms with Crippen molar-refractivity contribution in [2.24, 2.45) is 0 Å². The summed E-state index contributed by atoms with van der Waals surface area (Å²) < 4.78 is 0. The summed E-state index contributed by atoms with van der Waals surface area (Å²) in [6.45, 7) is 2.22. The first-order chi connectivity index (χ1) is 7.61. The molecule has 1 saturated carbocycles. The molecule has 3 N–H and O–H groups in total. The van der Waals surface area contributed by atoms with E-state index in [1.165, 1.54) is 0 Å². The van der Waals surface area contributed by atoms with Gasteiger partial charge in [-0.15, -0.1) is 0 Å². The van der Waals surface area contributed by atoms with Crippen LogP contribution in [0.5, 0.6) is 0 Å². The second-order valence-corrected chi connectivity index (χ2v) is 4.63. The summed E-state index contributed by atoms with van der Waals surface area (Å²) in [5, 5.41) is 12.9. The fourth-order valence-electron chi connectivity index (χ4n) is 2.25. The van der Waals surface area contributed by atoms with Gasteiger partial charge in [-0.25, -0.2) is 0 Å². The Morgan fingerprint density at radius 3 is 2.81 bits per heavy atom. The van der Waals surface area contributed by atoms with E-state index in [0.717, 1.165) is 31.4 Å². The van der Waals surface area contributed by atoms with Crippen LogP contribution in [0.3, 0.4) is 0 Å². The quantitative estimate of drug-likeness (QED) is 0.723. The first-order valence-electron chi connectivity index (χ1n) is 5.75. The van der Waals surface area contributed by atoms with Crippen molar-refractivity contribution >= 4 is 5.91 Å². The number of aryl methyl sites for hydroxylation is 1. The van der Waals surface area contributed by atoms with E-state index in [0.29, 0.717) is 12.1 Å². The van der Waals surface area contributed by atoms with Crippen molar-refractivity contribution in [3.63, 3.8) is 0 Å². The third-order valence-corrected chi connectivity index (χ3v) is 3.31. The van der Waals surface area contributed by atoms with Gasteiger partial charge in [0.15, 0.2) is 0 Å². The number of aromatic amines is 1. The van der Waals surface area contributed by atoms with Gasteiger partial charge in [-0.1, -0.05) is 12.8 Å². The third-order valence-electron chi connectivity index (χ3n) is 3.31. The van der Waals surface area contributed by atoms with Crippen molar-refractivity contribution in [2.75, 3.05) is 6.54 Å². The lowest BCUT2D eigenvalue weighted by Crippen LogP contribution is -2.40. The van der Waals surface area contributed by atoms with E-state index in [-0.39, 0.29) is 5.91 Å². The van der Waals surface area contributed by atoms with Gasteiger partial charge in [-0.3, -0.25) is 4.79 Å². The molecule has 0 saturated heterocycles. The van der Waals surface area contributed by atoms with E-state index in [9.17, 15) is 9.90 Å². The summed E-state index contributed by atoms with van der Waals surface area (Å²) in [7, 11) is 0. The molecule has 16 heavy (non-hydrogen) atoms. The molecule has 1 aliphatic rings. The highest BCUT2D eigenvalue weighted by atomic mass is 16.3. The lowest BCUT2D eigenvalue weighted by molar-refractivity contribution is 0.0449. The van der Waals surface area contributed by atoms with Crippen LogP contribution in [0, 0.1) is 6.92 Å². The Morgan fingerprint density at radius 1 is 1.56 bits per heavy atom. The van der Waals surface area contributed by atoms with Crippen LogP contribution in [0.1, 0.15) is 41.7 Å². The number of amides is 1. The van der Waals surface area contributed by atoms with Crippen LogP contribution in [-0.4, -0.2) is 28.1 Å². The average molecular weight is 222 g/mol. The van der Waals surface area contributed by atoms with Gasteiger partial charge >= 0.3 is 0 Å². The van der Waals surface area contributed by atoms with Gasteiger partial charge in [0, 0.05) is 18.4 Å². The van der Waals surface area contributed by atoms with Crippen LogP contribution in [0.2, 0.25) is 0 Å². The molecule has 0 radical (unpaired) electrons. The average Bonchev–Trinajstić information content (AvgIpc) is 2.85. The molecule has 1 aromatic heterocycles. The van der Waals surface area contributed by atoms with E-state index in [4.69, 9.17) is 0 Å². The molecule has 1 aliphatic carbocycles. The number of H-pyrrole nitrogens is 1. The third kappa shape index (κ3) is 2.27. The number of rotatable bonds is 3. The van der Waals surface area contributed by atoms with Crippen LogP contribution in [-0.2, 0) is 0 Å². The minimum absolute atomic E-state index is 0.112. The molecule has 0 spiro atoms. The van der Waals surface area contributed by atoms with Gasteiger partial charge < -0.3 is 15.4 Å². The van der Waals surface area contributed by atoms with Crippen LogP contribution in [0.25, 0.3) is 0 Å². The summed E-state index contributed by atoms with van der Waals surface area (Å²) in [5.74, 6) is -0.112. The van der Waals surface area contributed by atoms with Crippen molar-refractivity contribution in [3.8, 4) is 0 Å². The standard InChI is InChI=1S/C12H18N2O2/c1-9-10(4-7-13-9)11(15)14-8-12(16)5-2-3-6-12/h4,7,13,16H,2-3,5-6,8H2,1H3,(H,14,15). The molecule has 2 rings (SSSR count). The van der Waals surface area contributed by atoms with Gasteiger partial charge in [0.2, 0.25) is 0 Å². The molecule has 4 heteroatoms. The number of hydrogen-bond donors (Lipinski definition) is 3. The van der Waals surface area contributed by atoms with Crippen LogP contribution in [0.15, 0.2) is 12.3 Å². The number of nitrogens with one attached hydrogen (secondary N) is 2. The zero-order valence-corrected chi connectivity index (χ0v) is 9.55. The van der Waals surface area contributed by atoms with Crippen LogP contribution >= 0.6 is 0 Å². The highest BCUT2D eigenvalue weighted by Crippen LogP contribution is 2.28. The Morgan fingerprint density at radius 2 is 2.25 bits per heavy atom. The smallest absolute Gasteiger partial charge is 0.253 e. The Balaban J connectivity index is 1.91. The highest BCUT2D eigenvalue weighted by molar-refractivity contribution is 5.95. The van der Waals surface area contributed by atoms with Crippen molar-refractivity contribution < 1.29 is 9.90 Å². The molecule has 0 aromatic carbocycles. The molecule has 4 nitrogen and oxygen atoms in total. The van der Waals surface area contributed by atoms with Crippen LogP contribution in [0.4, 0.5) is 0 Å². The maximum absolute atomic E-state index is 11.8. The monoisotopic (exact) mass is 222 g/mol. The molecule has 1 amide bonds. The Bertz CT molecular complexity index is 378. The van der Waals surface area contributed by atoms with E-state index in [1.807, 2.05) is 6.92 Å².